The van der Waals surface area contributed by atoms with Crippen LogP contribution in [0.2, 0.25) is 0 Å². The van der Waals surface area contributed by atoms with Crippen LogP contribution in [0.15, 0.2) is 0 Å². The number of hydrogen-bond donors (Lipinski definition) is 1. The van der Waals surface area contributed by atoms with Crippen molar-refractivity contribution < 1.29 is 4.79 Å². The van der Waals surface area contributed by atoms with E-state index in [2.05, 4.69) is 17.2 Å². The van der Waals surface area contributed by atoms with Crippen molar-refractivity contribution in [3.63, 3.8) is 0 Å². The highest BCUT2D eigenvalue weighted by Crippen LogP contribution is 2.25. The molecule has 2 bridgehead atoms. The number of halogens is 2. The lowest BCUT2D eigenvalue weighted by molar-refractivity contribution is 0.0752. The zero-order valence-electron chi connectivity index (χ0n) is 13.1. The number of thiazole rings is 1. The van der Waals surface area contributed by atoms with Gasteiger partial charge in [-0.15, -0.1) is 36.2 Å². The van der Waals surface area contributed by atoms with Crippen molar-refractivity contribution in [1.82, 2.24) is 15.2 Å². The van der Waals surface area contributed by atoms with E-state index in [9.17, 15) is 4.79 Å². The van der Waals surface area contributed by atoms with Gasteiger partial charge in [0, 0.05) is 25.2 Å². The second kappa shape index (κ2) is 8.48. The molecule has 2 atom stereocenters. The first-order valence-electron chi connectivity index (χ1n) is 7.69. The van der Waals surface area contributed by atoms with Crippen molar-refractivity contribution in [2.45, 2.75) is 58.0 Å². The number of nitrogens with one attached hydrogen (secondary N) is 1. The lowest BCUT2D eigenvalue weighted by Gasteiger charge is -2.23. The Kier molecular flexibility index (Phi) is 7.59. The van der Waals surface area contributed by atoms with E-state index in [-0.39, 0.29) is 30.7 Å². The summed E-state index contributed by atoms with van der Waals surface area (Å²) in [5, 5.41) is 4.72. The van der Waals surface area contributed by atoms with E-state index in [0.717, 1.165) is 47.9 Å². The second-order valence-electron chi connectivity index (χ2n) is 5.95. The average molecular weight is 366 g/mol. The molecule has 0 aliphatic carbocycles. The summed E-state index contributed by atoms with van der Waals surface area (Å²) >= 11 is 1.59. The monoisotopic (exact) mass is 365 g/mol. The Labute approximate surface area is 148 Å². The van der Waals surface area contributed by atoms with Gasteiger partial charge < -0.3 is 10.2 Å². The molecule has 0 spiro atoms. The summed E-state index contributed by atoms with van der Waals surface area (Å²) in [4.78, 5) is 20.2. The normalized spacial score (nSPS) is 23.5. The molecule has 126 valence electrons. The molecule has 3 rings (SSSR count). The minimum absolute atomic E-state index is 0. The van der Waals surface area contributed by atoms with Gasteiger partial charge in [-0.3, -0.25) is 4.79 Å². The first-order chi connectivity index (χ1) is 9.67. The van der Waals surface area contributed by atoms with Gasteiger partial charge in [-0.2, -0.15) is 0 Å². The Morgan fingerprint density at radius 3 is 2.77 bits per heavy atom. The smallest absolute Gasteiger partial charge is 0.265 e. The van der Waals surface area contributed by atoms with Crippen molar-refractivity contribution in [3.05, 3.63) is 15.6 Å². The highest BCUT2D eigenvalue weighted by molar-refractivity contribution is 7.13. The molecule has 22 heavy (non-hydrogen) atoms. The van der Waals surface area contributed by atoms with Gasteiger partial charge >= 0.3 is 0 Å². The molecule has 1 aromatic heterocycles. The molecule has 1 amide bonds. The van der Waals surface area contributed by atoms with Gasteiger partial charge in [0.1, 0.15) is 4.88 Å². The maximum atomic E-state index is 12.7. The van der Waals surface area contributed by atoms with Gasteiger partial charge in [-0.05, 0) is 39.0 Å². The number of rotatable bonds is 3. The fourth-order valence-electron chi connectivity index (χ4n) is 3.24. The van der Waals surface area contributed by atoms with Crippen LogP contribution in [0.5, 0.6) is 0 Å². The van der Waals surface area contributed by atoms with E-state index in [0.29, 0.717) is 12.1 Å². The molecule has 1 aromatic rings. The Balaban J connectivity index is 0.00000121. The number of hydrogen-bond acceptors (Lipinski definition) is 4. The first kappa shape index (κ1) is 19.7. The van der Waals surface area contributed by atoms with Crippen LogP contribution in [-0.4, -0.2) is 41.0 Å². The Morgan fingerprint density at radius 1 is 1.32 bits per heavy atom. The SMILES string of the molecule is CCCc1nc(C)c(C(=O)N2CCC3CCC(C2)N3)s1.Cl.Cl. The summed E-state index contributed by atoms with van der Waals surface area (Å²) in [7, 11) is 0. The Hall–Kier alpha value is -0.360. The van der Waals surface area contributed by atoms with Gasteiger partial charge in [0.05, 0.1) is 10.7 Å². The molecule has 0 radical (unpaired) electrons. The molecule has 2 unspecified atom stereocenters. The molecule has 0 aromatic carbocycles. The topological polar surface area (TPSA) is 45.2 Å². The molecule has 1 N–H and O–H groups in total. The van der Waals surface area contributed by atoms with E-state index in [1.54, 1.807) is 11.3 Å². The Morgan fingerprint density at radius 2 is 2.05 bits per heavy atom. The third-order valence-electron chi connectivity index (χ3n) is 4.31. The average Bonchev–Trinajstić information content (AvgIpc) is 2.92. The second-order valence-corrected chi connectivity index (χ2v) is 7.03. The maximum Gasteiger partial charge on any atom is 0.265 e. The zero-order chi connectivity index (χ0) is 14.1. The summed E-state index contributed by atoms with van der Waals surface area (Å²) in [6, 6.07) is 1.12. The molecule has 0 saturated carbocycles. The fraction of sp³-hybridized carbons (Fsp3) is 0.733. The van der Waals surface area contributed by atoms with Gasteiger partial charge in [0.2, 0.25) is 0 Å². The predicted octanol–water partition coefficient (Wildman–Crippen LogP) is 3.21. The molecule has 2 fully saturated rings. The van der Waals surface area contributed by atoms with Crippen LogP contribution in [0.1, 0.15) is 53.0 Å². The number of fused-ring (bicyclic) bond motifs is 2. The lowest BCUT2D eigenvalue weighted by Crippen LogP contribution is -2.39. The van der Waals surface area contributed by atoms with Crippen LogP contribution in [0.3, 0.4) is 0 Å². The van der Waals surface area contributed by atoms with E-state index in [1.165, 1.54) is 12.8 Å². The largest absolute Gasteiger partial charge is 0.336 e. The number of aromatic nitrogens is 1. The van der Waals surface area contributed by atoms with Crippen LogP contribution in [-0.2, 0) is 6.42 Å². The van der Waals surface area contributed by atoms with Crippen LogP contribution < -0.4 is 5.32 Å². The fourth-order valence-corrected chi connectivity index (χ4v) is 4.38. The molecule has 4 nitrogen and oxygen atoms in total. The third kappa shape index (κ3) is 4.13. The molecule has 2 saturated heterocycles. The summed E-state index contributed by atoms with van der Waals surface area (Å²) < 4.78 is 0. The maximum absolute atomic E-state index is 12.7. The van der Waals surface area contributed by atoms with Gasteiger partial charge in [0.25, 0.3) is 5.91 Å². The summed E-state index contributed by atoms with van der Waals surface area (Å²) in [5.41, 5.74) is 0.908. The molecular formula is C15H25Cl2N3OS. The van der Waals surface area contributed by atoms with Crippen molar-refractivity contribution >= 4 is 42.1 Å². The highest BCUT2D eigenvalue weighted by atomic mass is 35.5. The summed E-state index contributed by atoms with van der Waals surface area (Å²) in [5.74, 6) is 0.191. The number of carbonyl (C=O) groups excluding carboxylic acids is 1. The van der Waals surface area contributed by atoms with E-state index >= 15 is 0 Å². The standard InChI is InChI=1S/C15H23N3OS.2ClH/c1-3-4-13-16-10(2)14(20-13)15(19)18-8-7-11-5-6-12(9-18)17-11;;/h11-12,17H,3-9H2,1-2H3;2*1H. The van der Waals surface area contributed by atoms with E-state index < -0.39 is 0 Å². The molecule has 2 aliphatic rings. The predicted molar refractivity (Wildman–Crippen MR) is 95.8 cm³/mol. The minimum Gasteiger partial charge on any atom is -0.336 e. The number of amides is 1. The van der Waals surface area contributed by atoms with Crippen LogP contribution in [0, 0.1) is 6.92 Å². The number of nitrogens with zero attached hydrogens (tertiary/aromatic N) is 2. The third-order valence-corrected chi connectivity index (χ3v) is 5.51. The van der Waals surface area contributed by atoms with E-state index in [1.807, 2.05) is 11.8 Å². The minimum atomic E-state index is 0. The summed E-state index contributed by atoms with van der Waals surface area (Å²) in [6.45, 7) is 5.85. The number of aryl methyl sites for hydroxylation is 2. The van der Waals surface area contributed by atoms with E-state index in [4.69, 9.17) is 0 Å². The van der Waals surface area contributed by atoms with Gasteiger partial charge in [0.15, 0.2) is 0 Å². The quantitative estimate of drug-likeness (QED) is 0.894. The molecular weight excluding hydrogens is 341 g/mol. The molecule has 2 aliphatic heterocycles. The zero-order valence-corrected chi connectivity index (χ0v) is 15.6. The lowest BCUT2D eigenvalue weighted by atomic mass is 10.1. The van der Waals surface area contributed by atoms with Crippen molar-refractivity contribution in [1.29, 1.82) is 0 Å². The van der Waals surface area contributed by atoms with Gasteiger partial charge in [-0.1, -0.05) is 6.92 Å². The number of likely N-dealkylation sites (tertiary alicyclic amines) is 1. The van der Waals surface area contributed by atoms with Crippen LogP contribution in [0.4, 0.5) is 0 Å². The highest BCUT2D eigenvalue weighted by Gasteiger charge is 2.32. The number of carbonyl (C=O) groups is 1. The van der Waals surface area contributed by atoms with Gasteiger partial charge in [-0.25, -0.2) is 4.98 Å². The van der Waals surface area contributed by atoms with Crippen LogP contribution in [0.25, 0.3) is 0 Å². The Bertz CT molecular complexity index is 509. The summed E-state index contributed by atoms with van der Waals surface area (Å²) in [6.07, 6.45) is 5.62. The van der Waals surface area contributed by atoms with Crippen molar-refractivity contribution in [3.8, 4) is 0 Å². The first-order valence-corrected chi connectivity index (χ1v) is 8.50. The molecule has 3 heterocycles. The van der Waals surface area contributed by atoms with Crippen molar-refractivity contribution in [2.24, 2.45) is 0 Å². The van der Waals surface area contributed by atoms with Crippen LogP contribution >= 0.6 is 36.2 Å². The molecule has 7 heteroatoms. The van der Waals surface area contributed by atoms with Crippen molar-refractivity contribution in [2.75, 3.05) is 13.1 Å².